The summed E-state index contributed by atoms with van der Waals surface area (Å²) < 4.78 is 67.0. The number of imidazole rings is 1. The molecule has 0 aliphatic carbocycles. The third kappa shape index (κ3) is 4.80. The molecule has 0 saturated heterocycles. The lowest BCUT2D eigenvalue weighted by Gasteiger charge is -2.19. The molecule has 156 valence electrons. The van der Waals surface area contributed by atoms with E-state index in [4.69, 9.17) is 21.1 Å². The average molecular weight is 450 g/mol. The first-order chi connectivity index (χ1) is 13.7. The Morgan fingerprint density at radius 3 is 2.66 bits per heavy atom. The Labute approximate surface area is 171 Å². The molecule has 0 amide bonds. The lowest BCUT2D eigenvalue weighted by Crippen LogP contribution is -2.32. The summed E-state index contributed by atoms with van der Waals surface area (Å²) in [5.74, 6) is 0.0387. The Balaban J connectivity index is 1.88. The summed E-state index contributed by atoms with van der Waals surface area (Å²) in [4.78, 5) is 11.1. The Morgan fingerprint density at radius 2 is 2.00 bits per heavy atom. The monoisotopic (exact) mass is 449 g/mol. The minimum absolute atomic E-state index is 0.0470. The molecule has 0 fully saturated rings. The third-order valence-corrected chi connectivity index (χ3v) is 5.20. The first-order valence-electron chi connectivity index (χ1n) is 8.03. The van der Waals surface area contributed by atoms with Gasteiger partial charge in [0, 0.05) is 35.6 Å². The van der Waals surface area contributed by atoms with Crippen molar-refractivity contribution in [3.8, 4) is 17.2 Å². The predicted octanol–water partition coefficient (Wildman–Crippen LogP) is 3.79. The van der Waals surface area contributed by atoms with Gasteiger partial charge in [0.2, 0.25) is 0 Å². The molecule has 0 aliphatic rings. The number of aromatic amines is 1. The number of methoxy groups -OCH3 is 2. The Morgan fingerprint density at radius 1 is 1.24 bits per heavy atom. The minimum Gasteiger partial charge on any atom is -0.609 e. The van der Waals surface area contributed by atoms with Gasteiger partial charge in [-0.25, -0.2) is 4.39 Å². The molecule has 3 rings (SSSR count). The number of H-pyrrole nitrogens is 1. The highest BCUT2D eigenvalue weighted by Gasteiger charge is 2.43. The van der Waals surface area contributed by atoms with Crippen LogP contribution in [0.15, 0.2) is 35.6 Å². The molecule has 2 atom stereocenters. The van der Waals surface area contributed by atoms with Crippen molar-refractivity contribution in [3.05, 3.63) is 36.2 Å². The van der Waals surface area contributed by atoms with E-state index in [0.717, 1.165) is 6.07 Å². The van der Waals surface area contributed by atoms with E-state index in [1.807, 2.05) is 0 Å². The molecule has 12 heteroatoms. The summed E-state index contributed by atoms with van der Waals surface area (Å²) in [7, 11) is 2.73. The van der Waals surface area contributed by atoms with Crippen LogP contribution in [0.25, 0.3) is 11.0 Å². The van der Waals surface area contributed by atoms with Gasteiger partial charge in [-0.3, -0.25) is 9.97 Å². The van der Waals surface area contributed by atoms with Gasteiger partial charge in [0.05, 0.1) is 30.9 Å². The number of halogens is 4. The standard InChI is InChI=1S/C17H15ClF3N3O4S/c1-26-10-3-4-22-9(5-10)8-29(25)16-23-11-6-13(27-2)14(7-12(11)24-16)28-17(20,21)15(18)19/h3-7,15H,8H2,1-2H3,(H,23,24). The van der Waals surface area contributed by atoms with Crippen molar-refractivity contribution in [2.24, 2.45) is 0 Å². The predicted molar refractivity (Wildman–Crippen MR) is 99.9 cm³/mol. The van der Waals surface area contributed by atoms with Crippen LogP contribution in [0.2, 0.25) is 0 Å². The molecular weight excluding hydrogens is 435 g/mol. The molecule has 7 nitrogen and oxygen atoms in total. The van der Waals surface area contributed by atoms with Gasteiger partial charge in [-0.1, -0.05) is 11.6 Å². The van der Waals surface area contributed by atoms with Crippen molar-refractivity contribution in [1.82, 2.24) is 15.0 Å². The van der Waals surface area contributed by atoms with Crippen molar-refractivity contribution in [2.75, 3.05) is 14.2 Å². The van der Waals surface area contributed by atoms with Crippen LogP contribution in [-0.2, 0) is 16.9 Å². The number of hydrogen-bond acceptors (Lipinski definition) is 6. The van der Waals surface area contributed by atoms with Crippen molar-refractivity contribution in [1.29, 1.82) is 0 Å². The van der Waals surface area contributed by atoms with Crippen LogP contribution in [0.1, 0.15) is 5.69 Å². The molecule has 2 heterocycles. The van der Waals surface area contributed by atoms with E-state index in [9.17, 15) is 17.7 Å². The van der Waals surface area contributed by atoms with E-state index in [1.165, 1.54) is 26.5 Å². The fraction of sp³-hybridized carbons (Fsp3) is 0.294. The lowest BCUT2D eigenvalue weighted by atomic mass is 10.2. The van der Waals surface area contributed by atoms with Crippen LogP contribution in [0.3, 0.4) is 0 Å². The van der Waals surface area contributed by atoms with Crippen LogP contribution in [0.5, 0.6) is 17.2 Å². The van der Waals surface area contributed by atoms with Crippen LogP contribution < -0.4 is 14.2 Å². The van der Waals surface area contributed by atoms with Gasteiger partial charge in [0.25, 0.3) is 5.63 Å². The molecule has 2 aromatic heterocycles. The zero-order valence-electron chi connectivity index (χ0n) is 15.1. The first-order valence-corrected chi connectivity index (χ1v) is 9.79. The highest BCUT2D eigenvalue weighted by atomic mass is 35.5. The number of ether oxygens (including phenoxy) is 3. The molecule has 1 aromatic carbocycles. The number of hydrogen-bond donors (Lipinski definition) is 1. The SMILES string of the molecule is COc1ccnc(C[S+]([O-])c2nc3cc(OC(F)(F)C(F)Cl)c(OC)cc3[nH]2)c1. The number of fused-ring (bicyclic) bond motifs is 1. The number of nitrogens with one attached hydrogen (secondary N) is 1. The van der Waals surface area contributed by atoms with Crippen molar-refractivity contribution >= 4 is 33.8 Å². The Hall–Kier alpha value is -2.37. The van der Waals surface area contributed by atoms with E-state index in [-0.39, 0.29) is 22.2 Å². The fourth-order valence-electron chi connectivity index (χ4n) is 2.40. The van der Waals surface area contributed by atoms with E-state index < -0.39 is 28.7 Å². The van der Waals surface area contributed by atoms with Gasteiger partial charge in [0.15, 0.2) is 17.3 Å². The minimum atomic E-state index is -4.28. The highest BCUT2D eigenvalue weighted by molar-refractivity contribution is 7.90. The summed E-state index contributed by atoms with van der Waals surface area (Å²) in [5, 5.41) is 0.0938. The maximum Gasteiger partial charge on any atom is 0.444 e. The third-order valence-electron chi connectivity index (χ3n) is 3.76. The second-order valence-electron chi connectivity index (χ2n) is 5.70. The molecule has 29 heavy (non-hydrogen) atoms. The van der Waals surface area contributed by atoms with Gasteiger partial charge in [-0.05, 0) is 6.07 Å². The molecular formula is C17H15ClF3N3O4S. The number of nitrogens with zero attached hydrogens (tertiary/aromatic N) is 2. The second kappa shape index (κ2) is 8.56. The summed E-state index contributed by atoms with van der Waals surface area (Å²) in [5.41, 5.74) is -2.01. The number of benzene rings is 1. The lowest BCUT2D eigenvalue weighted by molar-refractivity contribution is -0.199. The maximum absolute atomic E-state index is 13.5. The van der Waals surface area contributed by atoms with Crippen LogP contribution in [-0.4, -0.2) is 45.5 Å². The van der Waals surface area contributed by atoms with Gasteiger partial charge < -0.3 is 18.8 Å². The molecule has 3 aromatic rings. The molecule has 0 spiro atoms. The molecule has 0 aliphatic heterocycles. The van der Waals surface area contributed by atoms with Gasteiger partial charge in [0.1, 0.15) is 5.75 Å². The number of rotatable bonds is 8. The van der Waals surface area contributed by atoms with Gasteiger partial charge >= 0.3 is 11.3 Å². The molecule has 0 radical (unpaired) electrons. The molecule has 0 bridgehead atoms. The van der Waals surface area contributed by atoms with E-state index in [1.54, 1.807) is 12.1 Å². The summed E-state index contributed by atoms with van der Waals surface area (Å²) in [6, 6.07) is 5.72. The summed E-state index contributed by atoms with van der Waals surface area (Å²) in [6.45, 7) is 0. The van der Waals surface area contributed by atoms with Crippen molar-refractivity contribution in [2.45, 2.75) is 22.6 Å². The second-order valence-corrected chi connectivity index (χ2v) is 7.45. The fourth-order valence-corrected chi connectivity index (χ4v) is 3.43. The summed E-state index contributed by atoms with van der Waals surface area (Å²) in [6.07, 6.45) is -2.75. The van der Waals surface area contributed by atoms with E-state index >= 15 is 0 Å². The number of aromatic nitrogens is 3. The van der Waals surface area contributed by atoms with E-state index in [0.29, 0.717) is 17.0 Å². The zero-order chi connectivity index (χ0) is 21.2. The maximum atomic E-state index is 13.5. The van der Waals surface area contributed by atoms with E-state index in [2.05, 4.69) is 19.7 Å². The Kier molecular flexibility index (Phi) is 6.30. The van der Waals surface area contributed by atoms with Crippen molar-refractivity contribution in [3.63, 3.8) is 0 Å². The molecule has 1 N–H and O–H groups in total. The normalized spacial score (nSPS) is 13.9. The van der Waals surface area contributed by atoms with Crippen molar-refractivity contribution < 1.29 is 31.9 Å². The van der Waals surface area contributed by atoms with Gasteiger partial charge in [-0.2, -0.15) is 13.8 Å². The highest BCUT2D eigenvalue weighted by Crippen LogP contribution is 2.37. The number of alkyl halides is 4. The molecule has 2 unspecified atom stereocenters. The first kappa shape index (κ1) is 21.3. The Bertz CT molecular complexity index is 1010. The zero-order valence-corrected chi connectivity index (χ0v) is 16.7. The summed E-state index contributed by atoms with van der Waals surface area (Å²) >= 11 is 3.20. The largest absolute Gasteiger partial charge is 0.609 e. The molecule has 0 saturated carbocycles. The average Bonchev–Trinajstić information content (AvgIpc) is 3.10. The van der Waals surface area contributed by atoms with Crippen LogP contribution in [0, 0.1) is 0 Å². The topological polar surface area (TPSA) is 92.3 Å². The van der Waals surface area contributed by atoms with Crippen LogP contribution in [0.4, 0.5) is 13.2 Å². The quantitative estimate of drug-likeness (QED) is 0.415. The number of pyridine rings is 1. The smallest absolute Gasteiger partial charge is 0.444 e. The van der Waals surface area contributed by atoms with Gasteiger partial charge in [-0.15, -0.1) is 0 Å². The van der Waals surface area contributed by atoms with Crippen LogP contribution >= 0.6 is 11.6 Å².